The third kappa shape index (κ3) is 136. The van der Waals surface area contributed by atoms with E-state index in [2.05, 4.69) is 0 Å². The molecule has 0 aromatic rings. The third-order valence-electron chi connectivity index (χ3n) is 0. The standard InChI is InChI=1S/Li.Ni.2H2O.2O.V.H/h;;2*1H2;;;;/q;;;;;;+1;/p-1. The zero-order valence-electron chi connectivity index (χ0n) is 2.53. The summed E-state index contributed by atoms with van der Waals surface area (Å²) in [6.07, 6.45) is 0. The first-order chi connectivity index (χ1) is 1.73. The van der Waals surface area contributed by atoms with E-state index in [1.165, 1.54) is 0 Å². The maximum absolute atomic E-state index is 8.67. The Bertz CT molecular complexity index is 60.1. The van der Waals surface area contributed by atoms with Crippen LogP contribution in [0.5, 0.6) is 0 Å². The maximum atomic E-state index is 8.67. The Hall–Kier alpha value is 1.20. The number of hydrogen-bond donors (Lipinski definition) is 1. The summed E-state index contributed by atoms with van der Waals surface area (Å²) in [6.45, 7) is 0. The molecule has 0 radical (unpaired) electrons. The van der Waals surface area contributed by atoms with Crippen molar-refractivity contribution >= 4 is 18.9 Å². The average molecular weight is 185 g/mol. The van der Waals surface area contributed by atoms with E-state index in [0.717, 1.165) is 0 Å². The Balaban J connectivity index is -0.0000000150. The topological polar surface area (TPSA) is 85.9 Å². The van der Waals surface area contributed by atoms with E-state index in [-0.39, 0.29) is 40.8 Å². The van der Waals surface area contributed by atoms with Gasteiger partial charge in [-0.2, -0.15) is 0 Å². The first-order valence-corrected chi connectivity index (χ1v) is 2.33. The molecule has 0 aliphatic rings. The van der Waals surface area contributed by atoms with Gasteiger partial charge in [0.2, 0.25) is 0 Å². The average Bonchev–Trinajstić information content (AvgIpc) is 0.811. The van der Waals surface area contributed by atoms with Crippen molar-refractivity contribution < 1.29 is 48.7 Å². The molecule has 0 heterocycles. The van der Waals surface area contributed by atoms with Crippen LogP contribution in [0, 0.1) is 0 Å². The van der Waals surface area contributed by atoms with Crippen LogP contribution in [-0.2, 0) is 39.2 Å². The summed E-state index contributed by atoms with van der Waals surface area (Å²) in [6, 6.07) is 0. The van der Waals surface area contributed by atoms with Crippen LogP contribution in [0.25, 0.3) is 0 Å². The zero-order chi connectivity index (χ0) is 3.58. The molecule has 0 fully saturated rings. The molecule has 4 nitrogen and oxygen atoms in total. The molecule has 0 saturated heterocycles. The first kappa shape index (κ1) is 24.1. The van der Waals surface area contributed by atoms with E-state index in [0.29, 0.717) is 0 Å². The summed E-state index contributed by atoms with van der Waals surface area (Å²) < 4.78 is 24.4. The van der Waals surface area contributed by atoms with E-state index in [4.69, 9.17) is 11.4 Å². The fourth-order valence-corrected chi connectivity index (χ4v) is 0. The van der Waals surface area contributed by atoms with E-state index in [9.17, 15) is 0 Å². The molecule has 0 saturated carbocycles. The predicted molar refractivity (Wildman–Crippen MR) is 14.4 cm³/mol. The minimum absolute atomic E-state index is 0. The molecule has 0 amide bonds. The van der Waals surface area contributed by atoms with Gasteiger partial charge >= 0.3 is 45.6 Å². The summed E-state index contributed by atoms with van der Waals surface area (Å²) in [5.41, 5.74) is 0. The molecule has 0 atom stereocenters. The van der Waals surface area contributed by atoms with Crippen molar-refractivity contribution in [1.82, 2.24) is 0 Å². The molecule has 0 rings (SSSR count). The number of hydrogen-bond acceptors (Lipinski definition) is 2. The van der Waals surface area contributed by atoms with Gasteiger partial charge in [-0.3, -0.25) is 0 Å². The van der Waals surface area contributed by atoms with Crippen molar-refractivity contribution in [2.24, 2.45) is 0 Å². The van der Waals surface area contributed by atoms with Crippen molar-refractivity contribution in [1.29, 1.82) is 0 Å². The minimum atomic E-state index is -3.69. The van der Waals surface area contributed by atoms with Gasteiger partial charge in [-0.1, -0.05) is 0 Å². The van der Waals surface area contributed by atoms with Gasteiger partial charge in [0.25, 0.3) is 0 Å². The van der Waals surface area contributed by atoms with E-state index >= 15 is 0 Å². The van der Waals surface area contributed by atoms with Gasteiger partial charge in [0.1, 0.15) is 0 Å². The van der Waals surface area contributed by atoms with Crippen LogP contribution in [-0.4, -0.2) is 28.4 Å². The van der Waals surface area contributed by atoms with Gasteiger partial charge < -0.3 is 5.48 Å². The molecule has 0 bridgehead atoms. The molecule has 0 unspecified atom stereocenters. The third-order valence-corrected chi connectivity index (χ3v) is 0. The zero-order valence-corrected chi connectivity index (χ0v) is 4.91. The summed E-state index contributed by atoms with van der Waals surface area (Å²) in [5.74, 6) is 0. The second-order valence-electron chi connectivity index (χ2n) is 0.238. The van der Waals surface area contributed by atoms with Crippen molar-refractivity contribution in [3.63, 3.8) is 0 Å². The Morgan fingerprint density at radius 2 is 1.29 bits per heavy atom. The van der Waals surface area contributed by atoms with Gasteiger partial charge in [-0.15, -0.1) is 0 Å². The van der Waals surface area contributed by atoms with Crippen LogP contribution in [0.1, 0.15) is 0 Å². The van der Waals surface area contributed by atoms with E-state index < -0.39 is 15.4 Å². The van der Waals surface area contributed by atoms with Crippen molar-refractivity contribution in [3.8, 4) is 0 Å². The predicted octanol–water partition coefficient (Wildman–Crippen LogP) is -2.27. The van der Waals surface area contributed by atoms with Crippen LogP contribution >= 0.6 is 0 Å². The van der Waals surface area contributed by atoms with Gasteiger partial charge in [0, 0.05) is 16.5 Å². The molecule has 0 aromatic heterocycles. The second kappa shape index (κ2) is 15.7. The summed E-state index contributed by atoms with van der Waals surface area (Å²) in [4.78, 5) is 0. The van der Waals surface area contributed by atoms with Gasteiger partial charge in [0.05, 0.1) is 0 Å². The molecule has 44 valence electrons. The van der Waals surface area contributed by atoms with Crippen LogP contribution in [0.2, 0.25) is 0 Å². The van der Waals surface area contributed by atoms with Crippen LogP contribution < -0.4 is 0 Å². The van der Waals surface area contributed by atoms with E-state index in [1.807, 2.05) is 0 Å². The molecule has 0 aromatic carbocycles. The molecule has 0 spiro atoms. The first-order valence-electron chi connectivity index (χ1n) is 0.565. The normalized spacial score (nSPS) is 3.57. The van der Waals surface area contributed by atoms with Crippen molar-refractivity contribution in [2.75, 3.05) is 0 Å². The van der Waals surface area contributed by atoms with Crippen LogP contribution in [0.4, 0.5) is 0 Å². The molecule has 0 aliphatic carbocycles. The SMILES string of the molecule is O.[LiH].[Ni].[O]=[V](=[O])[OH]. The fraction of sp³-hybridized carbons (Fsp3) is 0. The van der Waals surface area contributed by atoms with Crippen molar-refractivity contribution in [3.05, 3.63) is 0 Å². The summed E-state index contributed by atoms with van der Waals surface area (Å²) >= 11 is -3.69. The van der Waals surface area contributed by atoms with Gasteiger partial charge in [0.15, 0.2) is 0 Å². The van der Waals surface area contributed by atoms with Gasteiger partial charge in [-0.25, -0.2) is 0 Å². The van der Waals surface area contributed by atoms with Crippen LogP contribution in [0.15, 0.2) is 0 Å². The molecule has 7 heteroatoms. The molecular weight excluding hydrogens is 181 g/mol. The Labute approximate surface area is 67.4 Å². The molecule has 3 N–H and O–H groups in total. The monoisotopic (exact) mass is 184 g/mol. The van der Waals surface area contributed by atoms with Crippen LogP contribution in [0.3, 0.4) is 0 Å². The summed E-state index contributed by atoms with van der Waals surface area (Å²) in [7, 11) is 0. The van der Waals surface area contributed by atoms with Crippen molar-refractivity contribution in [2.45, 2.75) is 0 Å². The molecular formula is H4LiNiO4V. The molecule has 7 heavy (non-hydrogen) atoms. The second-order valence-corrected chi connectivity index (χ2v) is 0.981. The van der Waals surface area contributed by atoms with Gasteiger partial charge in [-0.05, 0) is 0 Å². The number of rotatable bonds is 0. The Morgan fingerprint density at radius 1 is 1.29 bits per heavy atom. The summed E-state index contributed by atoms with van der Waals surface area (Å²) in [5, 5.41) is 0. The molecule has 0 aliphatic heterocycles. The fourth-order valence-electron chi connectivity index (χ4n) is 0. The Morgan fingerprint density at radius 3 is 1.29 bits per heavy atom. The van der Waals surface area contributed by atoms with E-state index in [1.54, 1.807) is 0 Å². The Kier molecular flexibility index (Phi) is 54.0. The quantitative estimate of drug-likeness (QED) is 0.431.